The predicted molar refractivity (Wildman–Crippen MR) is 75.7 cm³/mol. The minimum Gasteiger partial charge on any atom is -0.480 e. The molecule has 1 aromatic carbocycles. The van der Waals surface area contributed by atoms with E-state index in [9.17, 15) is 14.4 Å². The molecule has 6 heteroatoms. The molecular weight excluding hydrogens is 272 g/mol. The lowest BCUT2D eigenvalue weighted by molar-refractivity contribution is -0.148. The molecule has 0 aromatic heterocycles. The van der Waals surface area contributed by atoms with Crippen LogP contribution in [-0.4, -0.2) is 46.4 Å². The van der Waals surface area contributed by atoms with Crippen LogP contribution in [0.3, 0.4) is 0 Å². The van der Waals surface area contributed by atoms with E-state index in [1.807, 2.05) is 0 Å². The van der Waals surface area contributed by atoms with Gasteiger partial charge in [-0.3, -0.25) is 9.59 Å². The van der Waals surface area contributed by atoms with Gasteiger partial charge in [-0.05, 0) is 31.9 Å². The fourth-order valence-corrected chi connectivity index (χ4v) is 2.47. The first-order chi connectivity index (χ1) is 10.0. The number of carboxylic acid groups (broad SMARTS) is 1. The van der Waals surface area contributed by atoms with E-state index in [0.717, 1.165) is 0 Å². The summed E-state index contributed by atoms with van der Waals surface area (Å²) in [7, 11) is 0. The first-order valence-electron chi connectivity index (χ1n) is 6.90. The van der Waals surface area contributed by atoms with Crippen LogP contribution >= 0.6 is 0 Å². The third-order valence-electron chi connectivity index (χ3n) is 3.57. The largest absolute Gasteiger partial charge is 0.480 e. The van der Waals surface area contributed by atoms with Crippen LogP contribution < -0.4 is 5.32 Å². The topological polar surface area (TPSA) is 86.7 Å². The van der Waals surface area contributed by atoms with Gasteiger partial charge in [0, 0.05) is 12.1 Å². The van der Waals surface area contributed by atoms with Gasteiger partial charge in [-0.2, -0.15) is 0 Å². The van der Waals surface area contributed by atoms with E-state index >= 15 is 0 Å². The Morgan fingerprint density at radius 3 is 2.57 bits per heavy atom. The van der Waals surface area contributed by atoms with E-state index in [-0.39, 0.29) is 11.8 Å². The Hall–Kier alpha value is -2.37. The normalized spacial score (nSPS) is 19.1. The number of hydrogen-bond donors (Lipinski definition) is 2. The number of carbonyl (C=O) groups is 3. The van der Waals surface area contributed by atoms with Crippen molar-refractivity contribution in [1.29, 1.82) is 0 Å². The highest BCUT2D eigenvalue weighted by Gasteiger charge is 2.36. The van der Waals surface area contributed by atoms with Crippen molar-refractivity contribution in [3.63, 3.8) is 0 Å². The van der Waals surface area contributed by atoms with E-state index in [4.69, 9.17) is 5.11 Å². The zero-order chi connectivity index (χ0) is 15.4. The number of rotatable bonds is 4. The highest BCUT2D eigenvalue weighted by atomic mass is 16.4. The maximum Gasteiger partial charge on any atom is 0.326 e. The molecule has 1 aliphatic heterocycles. The average molecular weight is 290 g/mol. The summed E-state index contributed by atoms with van der Waals surface area (Å²) in [5.41, 5.74) is 0.466. The van der Waals surface area contributed by atoms with Gasteiger partial charge in [0.2, 0.25) is 5.91 Å². The van der Waals surface area contributed by atoms with Crippen molar-refractivity contribution in [3.05, 3.63) is 35.9 Å². The van der Waals surface area contributed by atoms with Crippen LogP contribution in [0.2, 0.25) is 0 Å². The molecular formula is C15H18N2O4. The Bertz CT molecular complexity index is 544. The molecule has 1 saturated heterocycles. The molecule has 0 aliphatic carbocycles. The zero-order valence-corrected chi connectivity index (χ0v) is 11.8. The summed E-state index contributed by atoms with van der Waals surface area (Å²) < 4.78 is 0. The summed E-state index contributed by atoms with van der Waals surface area (Å²) in [6.45, 7) is 1.99. The standard InChI is InChI=1S/C15H18N2O4/c1-10(16-13(18)11-6-3-2-4-7-11)14(19)17-9-5-8-12(17)15(20)21/h2-4,6-7,10,12H,5,8-9H2,1H3,(H,16,18)(H,20,21)/t10?,12-/m1/s1. The van der Waals surface area contributed by atoms with Gasteiger partial charge in [-0.15, -0.1) is 0 Å². The maximum atomic E-state index is 12.3. The number of hydrogen-bond acceptors (Lipinski definition) is 3. The van der Waals surface area contributed by atoms with Gasteiger partial charge < -0.3 is 15.3 Å². The summed E-state index contributed by atoms with van der Waals surface area (Å²) in [6.07, 6.45) is 1.13. The van der Waals surface area contributed by atoms with Crippen molar-refractivity contribution >= 4 is 17.8 Å². The predicted octanol–water partition coefficient (Wildman–Crippen LogP) is 0.881. The number of carbonyl (C=O) groups excluding carboxylic acids is 2. The number of benzene rings is 1. The van der Waals surface area contributed by atoms with E-state index in [1.165, 1.54) is 4.90 Å². The highest BCUT2D eigenvalue weighted by molar-refractivity contribution is 5.98. The Morgan fingerprint density at radius 2 is 1.95 bits per heavy atom. The molecule has 21 heavy (non-hydrogen) atoms. The van der Waals surface area contributed by atoms with Crippen LogP contribution in [0.15, 0.2) is 30.3 Å². The average Bonchev–Trinajstić information content (AvgIpc) is 2.96. The molecule has 1 aromatic rings. The summed E-state index contributed by atoms with van der Waals surface area (Å²) in [6, 6.07) is 7.05. The second-order valence-corrected chi connectivity index (χ2v) is 5.09. The third-order valence-corrected chi connectivity index (χ3v) is 3.57. The van der Waals surface area contributed by atoms with Crippen molar-refractivity contribution in [1.82, 2.24) is 10.2 Å². The Kier molecular flexibility index (Phi) is 4.57. The molecule has 0 bridgehead atoms. The monoisotopic (exact) mass is 290 g/mol. The quantitative estimate of drug-likeness (QED) is 0.862. The van der Waals surface area contributed by atoms with Crippen LogP contribution in [0.5, 0.6) is 0 Å². The third kappa shape index (κ3) is 3.39. The lowest BCUT2D eigenvalue weighted by Crippen LogP contribution is -2.50. The number of carboxylic acids is 1. The zero-order valence-electron chi connectivity index (χ0n) is 11.8. The molecule has 2 amide bonds. The Morgan fingerprint density at radius 1 is 1.29 bits per heavy atom. The molecule has 2 rings (SSSR count). The Balaban J connectivity index is 2.00. The van der Waals surface area contributed by atoms with E-state index in [0.29, 0.717) is 24.9 Å². The second-order valence-electron chi connectivity index (χ2n) is 5.09. The fraction of sp³-hybridized carbons (Fsp3) is 0.400. The van der Waals surface area contributed by atoms with Crippen LogP contribution in [0.4, 0.5) is 0 Å². The van der Waals surface area contributed by atoms with Crippen molar-refractivity contribution in [2.45, 2.75) is 31.8 Å². The minimum absolute atomic E-state index is 0.345. The van der Waals surface area contributed by atoms with Crippen LogP contribution in [0.25, 0.3) is 0 Å². The molecule has 0 spiro atoms. The molecule has 1 aliphatic rings. The number of nitrogens with one attached hydrogen (secondary N) is 1. The van der Waals surface area contributed by atoms with Gasteiger partial charge in [-0.25, -0.2) is 4.79 Å². The maximum absolute atomic E-state index is 12.3. The second kappa shape index (κ2) is 6.39. The smallest absolute Gasteiger partial charge is 0.326 e. The fourth-order valence-electron chi connectivity index (χ4n) is 2.47. The summed E-state index contributed by atoms with van der Waals surface area (Å²) in [5, 5.41) is 11.7. The number of likely N-dealkylation sites (tertiary alicyclic amines) is 1. The molecule has 6 nitrogen and oxygen atoms in total. The summed E-state index contributed by atoms with van der Waals surface area (Å²) in [4.78, 5) is 36.7. The highest BCUT2D eigenvalue weighted by Crippen LogP contribution is 2.18. The van der Waals surface area contributed by atoms with Crippen molar-refractivity contribution in [3.8, 4) is 0 Å². The minimum atomic E-state index is -0.998. The molecule has 0 saturated carbocycles. The molecule has 2 atom stereocenters. The van der Waals surface area contributed by atoms with Crippen LogP contribution in [-0.2, 0) is 9.59 Å². The van der Waals surface area contributed by atoms with Gasteiger partial charge >= 0.3 is 5.97 Å². The number of nitrogens with zero attached hydrogens (tertiary/aromatic N) is 1. The van der Waals surface area contributed by atoms with E-state index in [2.05, 4.69) is 5.32 Å². The molecule has 112 valence electrons. The molecule has 1 fully saturated rings. The van der Waals surface area contributed by atoms with Crippen molar-refractivity contribution in [2.75, 3.05) is 6.54 Å². The Labute approximate surface area is 122 Å². The van der Waals surface area contributed by atoms with Crippen molar-refractivity contribution in [2.24, 2.45) is 0 Å². The molecule has 0 radical (unpaired) electrons. The molecule has 1 unspecified atom stereocenters. The number of aliphatic carboxylic acids is 1. The lowest BCUT2D eigenvalue weighted by atomic mass is 10.2. The summed E-state index contributed by atoms with van der Waals surface area (Å²) in [5.74, 6) is -1.70. The van der Waals surface area contributed by atoms with E-state index < -0.39 is 18.1 Å². The van der Waals surface area contributed by atoms with Crippen molar-refractivity contribution < 1.29 is 19.5 Å². The lowest BCUT2D eigenvalue weighted by Gasteiger charge is -2.25. The summed E-state index contributed by atoms with van der Waals surface area (Å²) >= 11 is 0. The van der Waals surface area contributed by atoms with Gasteiger partial charge in [-0.1, -0.05) is 18.2 Å². The van der Waals surface area contributed by atoms with Gasteiger partial charge in [0.1, 0.15) is 12.1 Å². The van der Waals surface area contributed by atoms with Gasteiger partial charge in [0.25, 0.3) is 5.91 Å². The molecule has 2 N–H and O–H groups in total. The van der Waals surface area contributed by atoms with Gasteiger partial charge in [0.15, 0.2) is 0 Å². The number of amides is 2. The SMILES string of the molecule is CC(NC(=O)c1ccccc1)C(=O)N1CCC[C@@H]1C(=O)O. The van der Waals surface area contributed by atoms with Crippen LogP contribution in [0.1, 0.15) is 30.1 Å². The van der Waals surface area contributed by atoms with E-state index in [1.54, 1.807) is 37.3 Å². The molecule has 1 heterocycles. The van der Waals surface area contributed by atoms with Gasteiger partial charge in [0.05, 0.1) is 0 Å². The first-order valence-corrected chi connectivity index (χ1v) is 6.90. The van der Waals surface area contributed by atoms with Crippen LogP contribution in [0, 0.1) is 0 Å². The first kappa shape index (κ1) is 15.0.